The van der Waals surface area contributed by atoms with E-state index < -0.39 is 15.9 Å². The van der Waals surface area contributed by atoms with Gasteiger partial charge in [-0.2, -0.15) is 4.99 Å². The smallest absolute Gasteiger partial charge is 0.279 e. The molecule has 0 aliphatic heterocycles. The number of carbonyl (C=O) groups is 1. The Labute approximate surface area is 195 Å². The number of thiazole rings is 1. The molecule has 0 radical (unpaired) electrons. The number of aromatic nitrogens is 1. The number of halogens is 2. The summed E-state index contributed by atoms with van der Waals surface area (Å²) in [5.41, 5.74) is 1.05. The molecule has 3 aromatic rings. The highest BCUT2D eigenvalue weighted by molar-refractivity contribution is 7.89. The van der Waals surface area contributed by atoms with E-state index >= 15 is 0 Å². The van der Waals surface area contributed by atoms with Gasteiger partial charge in [0.2, 0.25) is 10.0 Å². The average molecular weight is 500 g/mol. The molecule has 0 spiro atoms. The first-order chi connectivity index (χ1) is 14.7. The van der Waals surface area contributed by atoms with Crippen LogP contribution >= 0.6 is 34.5 Å². The summed E-state index contributed by atoms with van der Waals surface area (Å²) in [7, 11) is -2.03. The number of benzene rings is 2. The van der Waals surface area contributed by atoms with Crippen molar-refractivity contribution in [1.29, 1.82) is 0 Å². The summed E-state index contributed by atoms with van der Waals surface area (Å²) in [6.45, 7) is 4.95. The minimum Gasteiger partial charge on any atom is -0.315 e. The SMILES string of the molecule is CCCCN(C)S(=O)(=O)c1ccc(C(=O)N=c2sc3ccc(Cl)c(Cl)c3n2CC)cc1. The van der Waals surface area contributed by atoms with Crippen molar-refractivity contribution in [3.63, 3.8) is 0 Å². The number of unbranched alkanes of at least 4 members (excludes halogenated alkanes) is 1. The number of fused-ring (bicyclic) bond motifs is 1. The third kappa shape index (κ3) is 4.88. The molecule has 1 aromatic heterocycles. The van der Waals surface area contributed by atoms with Gasteiger partial charge in [-0.05, 0) is 49.7 Å². The molecule has 0 unspecified atom stereocenters. The molecule has 0 atom stereocenters. The van der Waals surface area contributed by atoms with Crippen molar-refractivity contribution in [2.45, 2.75) is 38.1 Å². The fourth-order valence-corrected chi connectivity index (χ4v) is 5.87. The van der Waals surface area contributed by atoms with Gasteiger partial charge in [0.1, 0.15) is 0 Å². The molecule has 0 saturated heterocycles. The monoisotopic (exact) mass is 499 g/mol. The van der Waals surface area contributed by atoms with Crippen LogP contribution < -0.4 is 4.80 Å². The van der Waals surface area contributed by atoms with Crippen molar-refractivity contribution in [2.24, 2.45) is 4.99 Å². The van der Waals surface area contributed by atoms with E-state index in [0.29, 0.717) is 33.5 Å². The van der Waals surface area contributed by atoms with Crippen LogP contribution in [-0.4, -0.2) is 36.8 Å². The molecule has 166 valence electrons. The number of amides is 1. The fraction of sp³-hybridized carbons (Fsp3) is 0.333. The minimum atomic E-state index is -3.59. The standard InChI is InChI=1S/C21H23Cl2N3O3S2/c1-4-6-13-25(3)31(28,29)15-9-7-14(8-10-15)20(27)24-21-26(5-2)19-17(30-21)12-11-16(22)18(19)23/h7-12H,4-6,13H2,1-3H3. The Morgan fingerprint density at radius 3 is 2.42 bits per heavy atom. The summed E-state index contributed by atoms with van der Waals surface area (Å²) in [5, 5.41) is 0.862. The molecule has 1 heterocycles. The molecular formula is C21H23Cl2N3O3S2. The zero-order chi connectivity index (χ0) is 22.8. The largest absolute Gasteiger partial charge is 0.315 e. The Kier molecular flexibility index (Phi) is 7.59. The van der Waals surface area contributed by atoms with Crippen LogP contribution in [0.15, 0.2) is 46.3 Å². The Morgan fingerprint density at radius 2 is 1.81 bits per heavy atom. The van der Waals surface area contributed by atoms with E-state index in [1.165, 1.54) is 39.9 Å². The second-order valence-electron chi connectivity index (χ2n) is 6.96. The second-order valence-corrected chi connectivity index (χ2v) is 10.8. The van der Waals surface area contributed by atoms with Crippen LogP contribution in [0.1, 0.15) is 37.0 Å². The molecule has 0 saturated carbocycles. The topological polar surface area (TPSA) is 71.7 Å². The van der Waals surface area contributed by atoms with Crippen LogP contribution in [0.25, 0.3) is 10.2 Å². The molecule has 1 amide bonds. The highest BCUT2D eigenvalue weighted by Gasteiger charge is 2.20. The lowest BCUT2D eigenvalue weighted by Gasteiger charge is -2.16. The van der Waals surface area contributed by atoms with Crippen molar-refractivity contribution in [1.82, 2.24) is 8.87 Å². The first kappa shape index (κ1) is 23.9. The normalized spacial score (nSPS) is 12.8. The van der Waals surface area contributed by atoms with Gasteiger partial charge >= 0.3 is 0 Å². The number of nitrogens with zero attached hydrogens (tertiary/aromatic N) is 3. The van der Waals surface area contributed by atoms with Crippen molar-refractivity contribution >= 4 is 60.7 Å². The molecule has 0 aliphatic rings. The lowest BCUT2D eigenvalue weighted by molar-refractivity contribution is 0.0997. The fourth-order valence-electron chi connectivity index (χ4n) is 3.08. The third-order valence-corrected chi connectivity index (χ3v) is 8.59. The van der Waals surface area contributed by atoms with Crippen LogP contribution in [0.2, 0.25) is 10.0 Å². The van der Waals surface area contributed by atoms with Gasteiger partial charge in [-0.15, -0.1) is 0 Å². The molecule has 0 aliphatic carbocycles. The molecule has 0 bridgehead atoms. The Hall–Kier alpha value is -1.71. The van der Waals surface area contributed by atoms with Crippen LogP contribution in [-0.2, 0) is 16.6 Å². The number of hydrogen-bond acceptors (Lipinski definition) is 4. The van der Waals surface area contributed by atoms with Crippen molar-refractivity contribution in [2.75, 3.05) is 13.6 Å². The highest BCUT2D eigenvalue weighted by atomic mass is 35.5. The number of aryl methyl sites for hydroxylation is 1. The van der Waals surface area contributed by atoms with Gasteiger partial charge in [0.05, 0.1) is 25.2 Å². The number of sulfonamides is 1. The van der Waals surface area contributed by atoms with Crippen LogP contribution in [0.5, 0.6) is 0 Å². The van der Waals surface area contributed by atoms with Crippen molar-refractivity contribution in [3.05, 3.63) is 56.8 Å². The molecule has 31 heavy (non-hydrogen) atoms. The molecule has 3 rings (SSSR count). The molecule has 0 N–H and O–H groups in total. The van der Waals surface area contributed by atoms with E-state index in [2.05, 4.69) is 4.99 Å². The van der Waals surface area contributed by atoms with E-state index in [1.807, 2.05) is 24.5 Å². The third-order valence-electron chi connectivity index (χ3n) is 4.88. The Morgan fingerprint density at radius 1 is 1.13 bits per heavy atom. The first-order valence-electron chi connectivity index (χ1n) is 9.83. The molecular weight excluding hydrogens is 477 g/mol. The van der Waals surface area contributed by atoms with Crippen LogP contribution in [0, 0.1) is 0 Å². The minimum absolute atomic E-state index is 0.148. The van der Waals surface area contributed by atoms with Gasteiger partial charge in [0, 0.05) is 25.7 Å². The van der Waals surface area contributed by atoms with E-state index in [4.69, 9.17) is 23.2 Å². The number of carbonyl (C=O) groups excluding carboxylic acids is 1. The number of rotatable bonds is 7. The predicted molar refractivity (Wildman–Crippen MR) is 127 cm³/mol. The second kappa shape index (κ2) is 9.83. The van der Waals surface area contributed by atoms with E-state index in [-0.39, 0.29) is 4.90 Å². The van der Waals surface area contributed by atoms with Gasteiger partial charge in [-0.3, -0.25) is 4.79 Å². The predicted octanol–water partition coefficient (Wildman–Crippen LogP) is 5.19. The Balaban J connectivity index is 1.94. The summed E-state index contributed by atoms with van der Waals surface area (Å²) in [5.74, 6) is -0.459. The van der Waals surface area contributed by atoms with Gasteiger partial charge in [-0.1, -0.05) is 47.9 Å². The summed E-state index contributed by atoms with van der Waals surface area (Å²) in [6.07, 6.45) is 1.69. The lowest BCUT2D eigenvalue weighted by atomic mass is 10.2. The van der Waals surface area contributed by atoms with Crippen molar-refractivity contribution < 1.29 is 13.2 Å². The Bertz CT molecular complexity index is 1280. The van der Waals surface area contributed by atoms with E-state index in [1.54, 1.807) is 13.1 Å². The van der Waals surface area contributed by atoms with Gasteiger partial charge < -0.3 is 4.57 Å². The maximum Gasteiger partial charge on any atom is 0.279 e. The molecule has 0 fully saturated rings. The summed E-state index contributed by atoms with van der Waals surface area (Å²) in [4.78, 5) is 17.7. The van der Waals surface area contributed by atoms with Gasteiger partial charge in [0.15, 0.2) is 4.80 Å². The maximum atomic E-state index is 12.8. The average Bonchev–Trinajstić information content (AvgIpc) is 3.12. The zero-order valence-corrected chi connectivity index (χ0v) is 20.6. The first-order valence-corrected chi connectivity index (χ1v) is 12.8. The number of hydrogen-bond donors (Lipinski definition) is 0. The zero-order valence-electron chi connectivity index (χ0n) is 17.4. The van der Waals surface area contributed by atoms with Gasteiger partial charge in [-0.25, -0.2) is 12.7 Å². The summed E-state index contributed by atoms with van der Waals surface area (Å²) in [6, 6.07) is 9.41. The quantitative estimate of drug-likeness (QED) is 0.448. The summed E-state index contributed by atoms with van der Waals surface area (Å²) < 4.78 is 29.3. The van der Waals surface area contributed by atoms with Gasteiger partial charge in [0.25, 0.3) is 5.91 Å². The van der Waals surface area contributed by atoms with E-state index in [0.717, 1.165) is 23.1 Å². The molecule has 6 nitrogen and oxygen atoms in total. The van der Waals surface area contributed by atoms with Crippen LogP contribution in [0.3, 0.4) is 0 Å². The summed E-state index contributed by atoms with van der Waals surface area (Å²) >= 11 is 13.8. The van der Waals surface area contributed by atoms with Crippen LogP contribution in [0.4, 0.5) is 0 Å². The van der Waals surface area contributed by atoms with E-state index in [9.17, 15) is 13.2 Å². The maximum absolute atomic E-state index is 12.8. The molecule has 10 heteroatoms. The van der Waals surface area contributed by atoms with Crippen molar-refractivity contribution in [3.8, 4) is 0 Å². The lowest BCUT2D eigenvalue weighted by Crippen LogP contribution is -2.27. The highest BCUT2D eigenvalue weighted by Crippen LogP contribution is 2.32. The molecule has 2 aromatic carbocycles.